The Morgan fingerprint density at radius 3 is 3.00 bits per heavy atom. The third-order valence-electron chi connectivity index (χ3n) is 4.44. The number of halogens is 1. The fraction of sp³-hybridized carbons (Fsp3) is 0.588. The Bertz CT molecular complexity index is 515. The summed E-state index contributed by atoms with van der Waals surface area (Å²) in [5.74, 6) is 0.147. The third-order valence-corrected chi connectivity index (χ3v) is 4.44. The molecule has 4 nitrogen and oxygen atoms in total. The van der Waals surface area contributed by atoms with Gasteiger partial charge in [0.1, 0.15) is 0 Å². The van der Waals surface area contributed by atoms with Crippen molar-refractivity contribution >= 4 is 24.0 Å². The van der Waals surface area contributed by atoms with Crippen LogP contribution in [0.15, 0.2) is 18.2 Å². The van der Waals surface area contributed by atoms with Gasteiger partial charge in [0.05, 0.1) is 6.10 Å². The molecule has 1 aromatic rings. The lowest BCUT2D eigenvalue weighted by Crippen LogP contribution is -2.38. The highest BCUT2D eigenvalue weighted by molar-refractivity contribution is 5.97. The summed E-state index contributed by atoms with van der Waals surface area (Å²) in [7, 11) is 0. The molecule has 22 heavy (non-hydrogen) atoms. The summed E-state index contributed by atoms with van der Waals surface area (Å²) in [4.78, 5) is 14.8. The summed E-state index contributed by atoms with van der Waals surface area (Å²) in [6, 6.07) is 6.01. The minimum Gasteiger partial charge on any atom is -0.385 e. The molecule has 0 bridgehead atoms. The summed E-state index contributed by atoms with van der Waals surface area (Å²) >= 11 is 0. The minimum atomic E-state index is 0. The number of rotatable bonds is 4. The summed E-state index contributed by atoms with van der Waals surface area (Å²) in [6.07, 6.45) is 4.47. The van der Waals surface area contributed by atoms with E-state index in [4.69, 9.17) is 4.74 Å². The topological polar surface area (TPSA) is 41.6 Å². The Morgan fingerprint density at radius 2 is 2.27 bits per heavy atom. The van der Waals surface area contributed by atoms with Crippen LogP contribution in [0.2, 0.25) is 0 Å². The normalized spacial score (nSPS) is 19.8. The van der Waals surface area contributed by atoms with Crippen molar-refractivity contribution < 1.29 is 9.53 Å². The first-order valence-electron chi connectivity index (χ1n) is 8.06. The summed E-state index contributed by atoms with van der Waals surface area (Å²) < 4.78 is 5.68. The maximum absolute atomic E-state index is 12.9. The molecule has 122 valence electrons. The molecule has 1 saturated heterocycles. The lowest BCUT2D eigenvalue weighted by atomic mass is 9.96. The van der Waals surface area contributed by atoms with Crippen molar-refractivity contribution in [2.45, 2.75) is 38.7 Å². The van der Waals surface area contributed by atoms with Crippen LogP contribution in [0.4, 0.5) is 5.69 Å². The number of nitrogens with zero attached hydrogens (tertiary/aromatic N) is 1. The smallest absolute Gasteiger partial charge is 0.254 e. The second kappa shape index (κ2) is 7.84. The Balaban J connectivity index is 0.00000176. The lowest BCUT2D eigenvalue weighted by Gasteiger charge is -2.27. The molecule has 1 aromatic carbocycles. The van der Waals surface area contributed by atoms with Crippen molar-refractivity contribution in [3.05, 3.63) is 29.3 Å². The van der Waals surface area contributed by atoms with Gasteiger partial charge in [-0.05, 0) is 50.3 Å². The average molecular weight is 325 g/mol. The van der Waals surface area contributed by atoms with Gasteiger partial charge < -0.3 is 15.0 Å². The molecule has 1 unspecified atom stereocenters. The summed E-state index contributed by atoms with van der Waals surface area (Å²) in [5.41, 5.74) is 3.17. The van der Waals surface area contributed by atoms with E-state index >= 15 is 0 Å². The molecular weight excluding hydrogens is 300 g/mol. The van der Waals surface area contributed by atoms with Crippen LogP contribution in [-0.2, 0) is 11.2 Å². The highest BCUT2D eigenvalue weighted by Crippen LogP contribution is 2.26. The van der Waals surface area contributed by atoms with Crippen molar-refractivity contribution in [2.75, 3.05) is 31.6 Å². The molecule has 2 aliphatic rings. The van der Waals surface area contributed by atoms with E-state index in [-0.39, 0.29) is 24.4 Å². The standard InChI is InChI=1S/C17H24N2O2.ClH/c1-2-19(12-13-6-5-11-21-13)17(20)15-7-3-9-16-14(15)8-4-10-18-16;/h3,7,9,13,18H,2,4-6,8,10-12H2,1H3;1H. The fourth-order valence-electron chi connectivity index (χ4n) is 3.27. The van der Waals surface area contributed by atoms with E-state index in [9.17, 15) is 4.79 Å². The van der Waals surface area contributed by atoms with Crippen LogP contribution in [0.5, 0.6) is 0 Å². The van der Waals surface area contributed by atoms with Crippen molar-refractivity contribution in [1.29, 1.82) is 0 Å². The van der Waals surface area contributed by atoms with Crippen LogP contribution in [0.25, 0.3) is 0 Å². The number of anilines is 1. The van der Waals surface area contributed by atoms with Crippen molar-refractivity contribution in [3.8, 4) is 0 Å². The minimum absolute atomic E-state index is 0. The van der Waals surface area contributed by atoms with Crippen molar-refractivity contribution in [2.24, 2.45) is 0 Å². The molecular formula is C17H25ClN2O2. The van der Waals surface area contributed by atoms with Gasteiger partial charge in [-0.15, -0.1) is 12.4 Å². The molecule has 1 fully saturated rings. The number of benzene rings is 1. The highest BCUT2D eigenvalue weighted by Gasteiger charge is 2.25. The van der Waals surface area contributed by atoms with Crippen LogP contribution in [0.3, 0.4) is 0 Å². The molecule has 5 heteroatoms. The maximum Gasteiger partial charge on any atom is 0.254 e. The zero-order valence-corrected chi connectivity index (χ0v) is 14.0. The summed E-state index contributed by atoms with van der Waals surface area (Å²) in [6.45, 7) is 5.32. The average Bonchev–Trinajstić information content (AvgIpc) is 3.04. The van der Waals surface area contributed by atoms with Gasteiger partial charge in [-0.2, -0.15) is 0 Å². The number of carbonyl (C=O) groups is 1. The van der Waals surface area contributed by atoms with Gasteiger partial charge in [-0.1, -0.05) is 6.07 Å². The number of ether oxygens (including phenoxy) is 1. The van der Waals surface area contributed by atoms with Gasteiger partial charge in [-0.3, -0.25) is 4.79 Å². The SMILES string of the molecule is CCN(CC1CCCO1)C(=O)c1cccc2c1CCCN2.Cl. The number of fused-ring (bicyclic) bond motifs is 1. The number of amides is 1. The molecule has 3 rings (SSSR count). The van der Waals surface area contributed by atoms with Crippen LogP contribution in [-0.4, -0.2) is 43.2 Å². The largest absolute Gasteiger partial charge is 0.385 e. The number of likely N-dealkylation sites (N-methyl/N-ethyl adjacent to an activating group) is 1. The quantitative estimate of drug-likeness (QED) is 0.925. The predicted molar refractivity (Wildman–Crippen MR) is 91.1 cm³/mol. The molecule has 0 saturated carbocycles. The predicted octanol–water partition coefficient (Wildman–Crippen LogP) is 3.11. The highest BCUT2D eigenvalue weighted by atomic mass is 35.5. The molecule has 0 aromatic heterocycles. The van der Waals surface area contributed by atoms with Crippen molar-refractivity contribution in [3.63, 3.8) is 0 Å². The first-order valence-corrected chi connectivity index (χ1v) is 8.06. The molecule has 0 spiro atoms. The van der Waals surface area contributed by atoms with Gasteiger partial charge in [0.2, 0.25) is 0 Å². The van der Waals surface area contributed by atoms with E-state index in [2.05, 4.69) is 11.4 Å². The molecule has 1 amide bonds. The first-order chi connectivity index (χ1) is 10.3. The Morgan fingerprint density at radius 1 is 1.41 bits per heavy atom. The van der Waals surface area contributed by atoms with Crippen LogP contribution < -0.4 is 5.32 Å². The zero-order valence-electron chi connectivity index (χ0n) is 13.1. The van der Waals surface area contributed by atoms with E-state index in [0.29, 0.717) is 6.54 Å². The van der Waals surface area contributed by atoms with Crippen LogP contribution in [0.1, 0.15) is 42.1 Å². The zero-order chi connectivity index (χ0) is 14.7. The van der Waals surface area contributed by atoms with Gasteiger partial charge in [0, 0.05) is 37.5 Å². The van der Waals surface area contributed by atoms with Gasteiger partial charge >= 0.3 is 0 Å². The molecule has 2 heterocycles. The molecule has 1 N–H and O–H groups in total. The summed E-state index contributed by atoms with van der Waals surface area (Å²) in [5, 5.41) is 3.39. The van der Waals surface area contributed by atoms with Gasteiger partial charge in [-0.25, -0.2) is 0 Å². The van der Waals surface area contributed by atoms with E-state index in [1.54, 1.807) is 0 Å². The Hall–Kier alpha value is -1.26. The Kier molecular flexibility index (Phi) is 6.09. The molecule has 1 atom stereocenters. The second-order valence-electron chi connectivity index (χ2n) is 5.84. The van der Waals surface area contributed by atoms with Crippen molar-refractivity contribution in [1.82, 2.24) is 4.90 Å². The number of hydrogen-bond acceptors (Lipinski definition) is 3. The lowest BCUT2D eigenvalue weighted by molar-refractivity contribution is 0.0538. The monoisotopic (exact) mass is 324 g/mol. The number of nitrogens with one attached hydrogen (secondary N) is 1. The number of carbonyl (C=O) groups excluding carboxylic acids is 1. The maximum atomic E-state index is 12.9. The van der Waals surface area contributed by atoms with E-state index in [0.717, 1.165) is 56.6 Å². The fourth-order valence-corrected chi connectivity index (χ4v) is 3.27. The van der Waals surface area contributed by atoms with Gasteiger partial charge in [0.25, 0.3) is 5.91 Å². The Labute approximate surface area is 138 Å². The third kappa shape index (κ3) is 3.55. The van der Waals surface area contributed by atoms with Crippen LogP contribution >= 0.6 is 12.4 Å². The van der Waals surface area contributed by atoms with Crippen LogP contribution in [0, 0.1) is 0 Å². The van der Waals surface area contributed by atoms with Gasteiger partial charge in [0.15, 0.2) is 0 Å². The molecule has 0 aliphatic carbocycles. The second-order valence-corrected chi connectivity index (χ2v) is 5.84. The number of hydrogen-bond donors (Lipinski definition) is 1. The van der Waals surface area contributed by atoms with E-state index in [1.165, 1.54) is 5.56 Å². The van der Waals surface area contributed by atoms with E-state index < -0.39 is 0 Å². The molecule has 0 radical (unpaired) electrons. The van der Waals surface area contributed by atoms with E-state index in [1.807, 2.05) is 24.0 Å². The molecule has 2 aliphatic heterocycles. The first kappa shape index (κ1) is 17.1.